The number of aryl methyl sites for hydroxylation is 1. The Balaban J connectivity index is 1.81. The first kappa shape index (κ1) is 20.3. The summed E-state index contributed by atoms with van der Waals surface area (Å²) in [7, 11) is 1.58. The van der Waals surface area contributed by atoms with E-state index in [1.807, 2.05) is 50.2 Å². The number of rotatable bonds is 5. The van der Waals surface area contributed by atoms with Crippen LogP contribution in [0.2, 0.25) is 0 Å². The number of anilines is 1. The number of benzene rings is 2. The first-order valence-electron chi connectivity index (χ1n) is 9.96. The molecule has 156 valence electrons. The van der Waals surface area contributed by atoms with Crippen molar-refractivity contribution < 1.29 is 9.53 Å². The van der Waals surface area contributed by atoms with Crippen molar-refractivity contribution in [2.45, 2.75) is 20.4 Å². The van der Waals surface area contributed by atoms with Gasteiger partial charge in [0.2, 0.25) is 0 Å². The fourth-order valence-electron chi connectivity index (χ4n) is 3.58. The van der Waals surface area contributed by atoms with E-state index in [0.717, 1.165) is 22.2 Å². The lowest BCUT2D eigenvalue weighted by atomic mass is 10.1. The summed E-state index contributed by atoms with van der Waals surface area (Å²) in [4.78, 5) is 34.9. The summed E-state index contributed by atoms with van der Waals surface area (Å²) in [6.07, 6.45) is 3.17. The number of nitrogens with one attached hydrogen (secondary N) is 1. The molecule has 0 aliphatic rings. The molecule has 31 heavy (non-hydrogen) atoms. The SMILES string of the molecule is COc1ccc2cc(CN(C(=O)c3cccnc3)c3cccc(C)c3C)c(=O)[nH]c2c1. The fourth-order valence-corrected chi connectivity index (χ4v) is 3.58. The molecule has 0 radical (unpaired) electrons. The number of hydrogen-bond acceptors (Lipinski definition) is 4. The van der Waals surface area contributed by atoms with Crippen molar-refractivity contribution >= 4 is 22.5 Å². The Bertz CT molecular complexity index is 1310. The summed E-state index contributed by atoms with van der Waals surface area (Å²) < 4.78 is 5.24. The molecule has 6 nitrogen and oxygen atoms in total. The van der Waals surface area contributed by atoms with E-state index in [4.69, 9.17) is 4.74 Å². The number of amides is 1. The van der Waals surface area contributed by atoms with Crippen molar-refractivity contribution in [3.8, 4) is 5.75 Å². The molecule has 0 bridgehead atoms. The predicted molar refractivity (Wildman–Crippen MR) is 122 cm³/mol. The minimum absolute atomic E-state index is 0.134. The summed E-state index contributed by atoms with van der Waals surface area (Å²) in [6.45, 7) is 4.11. The highest BCUT2D eigenvalue weighted by molar-refractivity contribution is 6.06. The monoisotopic (exact) mass is 413 g/mol. The maximum absolute atomic E-state index is 13.4. The molecular weight excluding hydrogens is 390 g/mol. The van der Waals surface area contributed by atoms with Crippen molar-refractivity contribution in [3.63, 3.8) is 0 Å². The van der Waals surface area contributed by atoms with Gasteiger partial charge in [-0.1, -0.05) is 12.1 Å². The van der Waals surface area contributed by atoms with Crippen LogP contribution in [0.1, 0.15) is 27.0 Å². The molecule has 1 amide bonds. The third-order valence-electron chi connectivity index (χ3n) is 5.48. The van der Waals surface area contributed by atoms with Crippen molar-refractivity contribution in [1.82, 2.24) is 9.97 Å². The van der Waals surface area contributed by atoms with Gasteiger partial charge in [-0.3, -0.25) is 14.6 Å². The lowest BCUT2D eigenvalue weighted by Crippen LogP contribution is -2.33. The summed E-state index contributed by atoms with van der Waals surface area (Å²) in [5.74, 6) is 0.454. The molecule has 6 heteroatoms. The molecular formula is C25H23N3O3. The van der Waals surface area contributed by atoms with Crippen LogP contribution in [0.5, 0.6) is 5.75 Å². The number of nitrogens with zero attached hydrogens (tertiary/aromatic N) is 2. The fraction of sp³-hybridized carbons (Fsp3) is 0.160. The van der Waals surface area contributed by atoms with Crippen LogP contribution in [-0.4, -0.2) is 23.0 Å². The summed E-state index contributed by atoms with van der Waals surface area (Å²) >= 11 is 0. The van der Waals surface area contributed by atoms with Gasteiger partial charge in [0.05, 0.1) is 24.7 Å². The molecule has 1 N–H and O–H groups in total. The van der Waals surface area contributed by atoms with E-state index < -0.39 is 0 Å². The minimum Gasteiger partial charge on any atom is -0.497 e. The van der Waals surface area contributed by atoms with Crippen molar-refractivity contribution in [1.29, 1.82) is 0 Å². The van der Waals surface area contributed by atoms with Crippen molar-refractivity contribution in [2.75, 3.05) is 12.0 Å². The van der Waals surface area contributed by atoms with Gasteiger partial charge in [-0.15, -0.1) is 0 Å². The molecule has 0 spiro atoms. The molecule has 0 aliphatic carbocycles. The number of aromatic amines is 1. The highest BCUT2D eigenvalue weighted by Crippen LogP contribution is 2.26. The van der Waals surface area contributed by atoms with E-state index in [-0.39, 0.29) is 18.0 Å². The Morgan fingerprint density at radius 1 is 1.10 bits per heavy atom. The number of carbonyl (C=O) groups is 1. The highest BCUT2D eigenvalue weighted by Gasteiger charge is 2.22. The lowest BCUT2D eigenvalue weighted by molar-refractivity contribution is 0.0984. The number of carbonyl (C=O) groups excluding carboxylic acids is 1. The van der Waals surface area contributed by atoms with E-state index in [0.29, 0.717) is 22.4 Å². The second-order valence-corrected chi connectivity index (χ2v) is 7.43. The Morgan fingerprint density at radius 2 is 1.94 bits per heavy atom. The lowest BCUT2D eigenvalue weighted by Gasteiger charge is -2.25. The average Bonchev–Trinajstić information content (AvgIpc) is 2.79. The summed E-state index contributed by atoms with van der Waals surface area (Å²) in [6, 6.07) is 16.6. The van der Waals surface area contributed by atoms with Gasteiger partial charge < -0.3 is 14.6 Å². The maximum atomic E-state index is 13.4. The number of hydrogen-bond donors (Lipinski definition) is 1. The van der Waals surface area contributed by atoms with Gasteiger partial charge in [0.25, 0.3) is 11.5 Å². The van der Waals surface area contributed by atoms with E-state index >= 15 is 0 Å². The Kier molecular flexibility index (Phi) is 5.54. The minimum atomic E-state index is -0.241. The smallest absolute Gasteiger partial charge is 0.260 e. The van der Waals surface area contributed by atoms with Crippen LogP contribution in [0.3, 0.4) is 0 Å². The second-order valence-electron chi connectivity index (χ2n) is 7.43. The summed E-state index contributed by atoms with van der Waals surface area (Å²) in [5.41, 5.74) is 4.23. The van der Waals surface area contributed by atoms with Gasteiger partial charge >= 0.3 is 0 Å². The number of pyridine rings is 2. The number of aromatic nitrogens is 2. The second kappa shape index (κ2) is 8.44. The van der Waals surface area contributed by atoms with Gasteiger partial charge in [0, 0.05) is 29.7 Å². The molecule has 2 aromatic heterocycles. The van der Waals surface area contributed by atoms with E-state index in [2.05, 4.69) is 9.97 Å². The van der Waals surface area contributed by atoms with Crippen molar-refractivity contribution in [2.24, 2.45) is 0 Å². The normalized spacial score (nSPS) is 10.8. The van der Waals surface area contributed by atoms with Gasteiger partial charge in [-0.2, -0.15) is 0 Å². The number of methoxy groups -OCH3 is 1. The molecule has 4 rings (SSSR count). The predicted octanol–water partition coefficient (Wildman–Crippen LogP) is 4.40. The van der Waals surface area contributed by atoms with E-state index in [1.54, 1.807) is 36.4 Å². The van der Waals surface area contributed by atoms with E-state index in [1.165, 1.54) is 6.20 Å². The number of H-pyrrole nitrogens is 1. The first-order valence-corrected chi connectivity index (χ1v) is 9.96. The Hall–Kier alpha value is -3.93. The van der Waals surface area contributed by atoms with Crippen LogP contribution in [0.4, 0.5) is 5.69 Å². The summed E-state index contributed by atoms with van der Waals surface area (Å²) in [5, 5.41) is 0.866. The molecule has 4 aromatic rings. The standard InChI is InChI=1S/C25H23N3O3/c1-16-6-4-8-23(17(16)2)28(25(30)19-7-5-11-26-14-19)15-20-12-18-9-10-21(31-3)13-22(18)27-24(20)29/h4-14H,15H2,1-3H3,(H,27,29). The van der Waals surface area contributed by atoms with Crippen LogP contribution >= 0.6 is 0 Å². The maximum Gasteiger partial charge on any atom is 0.260 e. The van der Waals surface area contributed by atoms with Gasteiger partial charge in [-0.05, 0) is 66.8 Å². The van der Waals surface area contributed by atoms with Crippen LogP contribution in [0, 0.1) is 13.8 Å². The van der Waals surface area contributed by atoms with E-state index in [9.17, 15) is 9.59 Å². The molecule has 0 aliphatic heterocycles. The van der Waals surface area contributed by atoms with Gasteiger partial charge in [0.15, 0.2) is 0 Å². The molecule has 0 saturated heterocycles. The molecule has 0 unspecified atom stereocenters. The zero-order chi connectivity index (χ0) is 22.0. The topological polar surface area (TPSA) is 75.3 Å². The first-order chi connectivity index (χ1) is 15.0. The Morgan fingerprint density at radius 3 is 2.68 bits per heavy atom. The zero-order valence-corrected chi connectivity index (χ0v) is 17.7. The van der Waals surface area contributed by atoms with Gasteiger partial charge in [-0.25, -0.2) is 0 Å². The van der Waals surface area contributed by atoms with Crippen LogP contribution < -0.4 is 15.2 Å². The molecule has 2 aromatic carbocycles. The van der Waals surface area contributed by atoms with Crippen LogP contribution in [0.15, 0.2) is 71.8 Å². The number of fused-ring (bicyclic) bond motifs is 1. The quantitative estimate of drug-likeness (QED) is 0.526. The molecule has 0 fully saturated rings. The average molecular weight is 413 g/mol. The Labute approximate surface area is 180 Å². The van der Waals surface area contributed by atoms with Crippen molar-refractivity contribution in [3.05, 3.63) is 99.6 Å². The third kappa shape index (κ3) is 4.05. The third-order valence-corrected chi connectivity index (χ3v) is 5.48. The van der Waals surface area contributed by atoms with Crippen LogP contribution in [0.25, 0.3) is 10.9 Å². The molecule has 0 saturated carbocycles. The molecule has 0 atom stereocenters. The zero-order valence-electron chi connectivity index (χ0n) is 17.7. The van der Waals surface area contributed by atoms with Gasteiger partial charge in [0.1, 0.15) is 5.75 Å². The highest BCUT2D eigenvalue weighted by atomic mass is 16.5. The number of ether oxygens (including phenoxy) is 1. The molecule has 2 heterocycles. The largest absolute Gasteiger partial charge is 0.497 e. The van der Waals surface area contributed by atoms with Crippen LogP contribution in [-0.2, 0) is 6.54 Å².